The van der Waals surface area contributed by atoms with E-state index >= 15 is 0 Å². The monoisotopic (exact) mass is 294 g/mol. The number of aliphatic hydroxyl groups excluding tert-OH is 1. The van der Waals surface area contributed by atoms with Gasteiger partial charge in [-0.2, -0.15) is 5.10 Å². The molecule has 0 bridgehead atoms. The molecule has 18 heavy (non-hydrogen) atoms. The third-order valence-electron chi connectivity index (χ3n) is 3.07. The van der Waals surface area contributed by atoms with Crippen molar-refractivity contribution in [3.05, 3.63) is 16.4 Å². The molecule has 5 nitrogen and oxygen atoms in total. The molecular weight excluding hydrogens is 276 g/mol. The van der Waals surface area contributed by atoms with Crippen molar-refractivity contribution in [2.24, 2.45) is 0 Å². The van der Waals surface area contributed by atoms with Gasteiger partial charge in [-0.25, -0.2) is 8.42 Å². The second kappa shape index (κ2) is 5.59. The molecule has 1 heterocycles. The zero-order valence-electron chi connectivity index (χ0n) is 11.0. The fourth-order valence-electron chi connectivity index (χ4n) is 1.71. The van der Waals surface area contributed by atoms with Crippen molar-refractivity contribution in [1.82, 2.24) is 9.78 Å². The predicted molar refractivity (Wildman–Crippen MR) is 71.7 cm³/mol. The van der Waals surface area contributed by atoms with E-state index in [9.17, 15) is 13.5 Å². The number of aromatic nitrogens is 2. The molecule has 0 saturated heterocycles. The van der Waals surface area contributed by atoms with E-state index in [0.29, 0.717) is 23.0 Å². The van der Waals surface area contributed by atoms with Gasteiger partial charge in [-0.15, -0.1) is 0 Å². The summed E-state index contributed by atoms with van der Waals surface area (Å²) in [7, 11) is -3.27. The average molecular weight is 295 g/mol. The number of rotatable bonds is 5. The summed E-state index contributed by atoms with van der Waals surface area (Å²) in [4.78, 5) is 0. The standard InChI is InChI=1S/C11H19ClN2O3S/c1-5-14-9(11(12)7(2)13-14)6-10(15)8(3)18(4,16)17/h8,10,15H,5-6H2,1-4H3. The van der Waals surface area contributed by atoms with Crippen LogP contribution in [-0.2, 0) is 22.8 Å². The first-order valence-electron chi connectivity index (χ1n) is 5.77. The average Bonchev–Trinajstić information content (AvgIpc) is 2.54. The van der Waals surface area contributed by atoms with E-state index in [-0.39, 0.29) is 6.42 Å². The maximum absolute atomic E-state index is 11.4. The normalized spacial score (nSPS) is 15.7. The molecule has 1 rings (SSSR count). The van der Waals surface area contributed by atoms with Crippen LogP contribution in [0.25, 0.3) is 0 Å². The highest BCUT2D eigenvalue weighted by Gasteiger charge is 2.26. The molecule has 1 aromatic heterocycles. The summed E-state index contributed by atoms with van der Waals surface area (Å²) >= 11 is 6.11. The van der Waals surface area contributed by atoms with Gasteiger partial charge in [0.05, 0.1) is 27.8 Å². The summed E-state index contributed by atoms with van der Waals surface area (Å²) in [5.74, 6) is 0. The van der Waals surface area contributed by atoms with E-state index in [1.807, 2.05) is 6.92 Å². The summed E-state index contributed by atoms with van der Waals surface area (Å²) in [6.07, 6.45) is 0.311. The molecule has 1 aromatic rings. The Balaban J connectivity index is 2.98. The Morgan fingerprint density at radius 1 is 1.50 bits per heavy atom. The van der Waals surface area contributed by atoms with Crippen LogP contribution in [-0.4, -0.2) is 40.9 Å². The second-order valence-electron chi connectivity index (χ2n) is 4.47. The third-order valence-corrected chi connectivity index (χ3v) is 5.23. The van der Waals surface area contributed by atoms with Crippen molar-refractivity contribution < 1.29 is 13.5 Å². The van der Waals surface area contributed by atoms with Crippen LogP contribution in [0.5, 0.6) is 0 Å². The fourth-order valence-corrected chi connectivity index (χ4v) is 2.59. The molecule has 0 saturated carbocycles. The van der Waals surface area contributed by atoms with Gasteiger partial charge >= 0.3 is 0 Å². The van der Waals surface area contributed by atoms with Crippen LogP contribution in [0.2, 0.25) is 5.02 Å². The van der Waals surface area contributed by atoms with Gasteiger partial charge < -0.3 is 5.11 Å². The molecule has 7 heteroatoms. The number of hydrogen-bond acceptors (Lipinski definition) is 4. The second-order valence-corrected chi connectivity index (χ2v) is 7.25. The minimum absolute atomic E-state index is 0.182. The number of halogens is 1. The molecule has 0 fully saturated rings. The van der Waals surface area contributed by atoms with E-state index in [1.54, 1.807) is 11.6 Å². The van der Waals surface area contributed by atoms with Gasteiger partial charge in [0.25, 0.3) is 0 Å². The van der Waals surface area contributed by atoms with Gasteiger partial charge in [-0.1, -0.05) is 11.6 Å². The number of aryl methyl sites for hydroxylation is 2. The van der Waals surface area contributed by atoms with Gasteiger partial charge in [-0.05, 0) is 20.8 Å². The molecule has 1 N–H and O–H groups in total. The lowest BCUT2D eigenvalue weighted by Crippen LogP contribution is -2.33. The van der Waals surface area contributed by atoms with Crippen molar-refractivity contribution in [2.75, 3.05) is 6.26 Å². The van der Waals surface area contributed by atoms with Crippen LogP contribution in [0.1, 0.15) is 25.2 Å². The number of sulfone groups is 1. The summed E-state index contributed by atoms with van der Waals surface area (Å²) in [5.41, 5.74) is 1.37. The van der Waals surface area contributed by atoms with Crippen LogP contribution >= 0.6 is 11.6 Å². The number of hydrogen-bond donors (Lipinski definition) is 1. The van der Waals surface area contributed by atoms with Crippen LogP contribution in [0.4, 0.5) is 0 Å². The zero-order chi connectivity index (χ0) is 14.1. The smallest absolute Gasteiger partial charge is 0.152 e. The largest absolute Gasteiger partial charge is 0.391 e. The van der Waals surface area contributed by atoms with Crippen molar-refractivity contribution in [3.63, 3.8) is 0 Å². The highest BCUT2D eigenvalue weighted by molar-refractivity contribution is 7.91. The number of aliphatic hydroxyl groups is 1. The van der Waals surface area contributed by atoms with E-state index in [1.165, 1.54) is 6.92 Å². The Morgan fingerprint density at radius 2 is 2.06 bits per heavy atom. The lowest BCUT2D eigenvalue weighted by Gasteiger charge is -2.17. The maximum Gasteiger partial charge on any atom is 0.152 e. The van der Waals surface area contributed by atoms with E-state index < -0.39 is 21.2 Å². The van der Waals surface area contributed by atoms with Gasteiger partial charge in [0.15, 0.2) is 9.84 Å². The molecule has 0 aromatic carbocycles. The van der Waals surface area contributed by atoms with Crippen molar-refractivity contribution in [3.8, 4) is 0 Å². The molecule has 0 aliphatic heterocycles. The highest BCUT2D eigenvalue weighted by Crippen LogP contribution is 2.23. The summed E-state index contributed by atoms with van der Waals surface area (Å²) in [6.45, 7) is 5.82. The summed E-state index contributed by atoms with van der Waals surface area (Å²) < 4.78 is 24.5. The molecular formula is C11H19ClN2O3S. The molecule has 0 spiro atoms. The first-order valence-corrected chi connectivity index (χ1v) is 8.10. The first-order chi connectivity index (χ1) is 8.18. The maximum atomic E-state index is 11.4. The van der Waals surface area contributed by atoms with Crippen LogP contribution < -0.4 is 0 Å². The van der Waals surface area contributed by atoms with Gasteiger partial charge in [-0.3, -0.25) is 4.68 Å². The SMILES string of the molecule is CCn1nc(C)c(Cl)c1CC(O)C(C)S(C)(=O)=O. The first kappa shape index (κ1) is 15.5. The topological polar surface area (TPSA) is 72.2 Å². The van der Waals surface area contributed by atoms with E-state index in [0.717, 1.165) is 6.26 Å². The molecule has 0 amide bonds. The molecule has 0 radical (unpaired) electrons. The van der Waals surface area contributed by atoms with Crippen molar-refractivity contribution in [2.45, 2.75) is 45.1 Å². The minimum atomic E-state index is -3.27. The van der Waals surface area contributed by atoms with Crippen LogP contribution in [0.3, 0.4) is 0 Å². The third kappa shape index (κ3) is 3.24. The Hall–Kier alpha value is -0.590. The highest BCUT2D eigenvalue weighted by atomic mass is 35.5. The lowest BCUT2D eigenvalue weighted by atomic mass is 10.1. The lowest BCUT2D eigenvalue weighted by molar-refractivity contribution is 0.170. The zero-order valence-corrected chi connectivity index (χ0v) is 12.6. The molecule has 2 atom stereocenters. The van der Waals surface area contributed by atoms with Gasteiger partial charge in [0.2, 0.25) is 0 Å². The van der Waals surface area contributed by atoms with Crippen molar-refractivity contribution in [1.29, 1.82) is 0 Å². The Morgan fingerprint density at radius 3 is 2.50 bits per heavy atom. The quantitative estimate of drug-likeness (QED) is 0.886. The minimum Gasteiger partial charge on any atom is -0.391 e. The Kier molecular flexibility index (Phi) is 4.80. The van der Waals surface area contributed by atoms with Crippen LogP contribution in [0.15, 0.2) is 0 Å². The predicted octanol–water partition coefficient (Wildman–Crippen LogP) is 1.20. The van der Waals surface area contributed by atoms with E-state index in [2.05, 4.69) is 5.10 Å². The summed E-state index contributed by atoms with van der Waals surface area (Å²) in [6, 6.07) is 0. The molecule has 0 aliphatic carbocycles. The molecule has 104 valence electrons. The Bertz CT molecular complexity index is 525. The molecule has 0 aliphatic rings. The Labute approximate surface area is 113 Å². The van der Waals surface area contributed by atoms with Gasteiger partial charge in [0.1, 0.15) is 0 Å². The number of nitrogens with zero attached hydrogens (tertiary/aromatic N) is 2. The van der Waals surface area contributed by atoms with E-state index in [4.69, 9.17) is 11.6 Å². The van der Waals surface area contributed by atoms with Crippen molar-refractivity contribution >= 4 is 21.4 Å². The van der Waals surface area contributed by atoms with Gasteiger partial charge in [0, 0.05) is 19.2 Å². The fraction of sp³-hybridized carbons (Fsp3) is 0.727. The summed E-state index contributed by atoms with van der Waals surface area (Å²) in [5, 5.41) is 13.9. The van der Waals surface area contributed by atoms with Crippen LogP contribution in [0, 0.1) is 6.92 Å². The molecule has 2 unspecified atom stereocenters.